The maximum atomic E-state index is 13.0. The van der Waals surface area contributed by atoms with Crippen LogP contribution in [-0.4, -0.2) is 23.0 Å². The van der Waals surface area contributed by atoms with Gasteiger partial charge in [0.25, 0.3) is 0 Å². The first-order valence-corrected chi connectivity index (χ1v) is 6.66. The van der Waals surface area contributed by atoms with Crippen molar-refractivity contribution in [1.29, 1.82) is 5.26 Å². The number of carbonyl (C=O) groups excluding carboxylic acids is 1. The zero-order valence-electron chi connectivity index (χ0n) is 11.5. The second-order valence-electron chi connectivity index (χ2n) is 4.67. The first-order chi connectivity index (χ1) is 10.0. The fourth-order valence-electron chi connectivity index (χ4n) is 1.89. The normalized spacial score (nSPS) is 11.4. The fourth-order valence-corrected chi connectivity index (χ4v) is 1.89. The van der Waals surface area contributed by atoms with E-state index in [4.69, 9.17) is 10.4 Å². The molecule has 1 aromatic rings. The molecule has 0 heterocycles. The molecule has 5 nitrogen and oxygen atoms in total. The van der Waals surface area contributed by atoms with Crippen molar-refractivity contribution in [1.82, 2.24) is 5.32 Å². The summed E-state index contributed by atoms with van der Waals surface area (Å²) in [6.07, 6.45) is 1.71. The molecule has 0 aliphatic rings. The van der Waals surface area contributed by atoms with Gasteiger partial charge in [-0.05, 0) is 37.0 Å². The number of nitrogens with zero attached hydrogens (tertiary/aromatic N) is 1. The third-order valence-electron chi connectivity index (χ3n) is 2.92. The zero-order valence-corrected chi connectivity index (χ0v) is 11.5. The maximum Gasteiger partial charge on any atom is 0.326 e. The molecular weight excluding hydrogens is 275 g/mol. The van der Waals surface area contributed by atoms with Crippen LogP contribution in [-0.2, 0) is 16.0 Å². The van der Waals surface area contributed by atoms with Crippen molar-refractivity contribution in [2.75, 3.05) is 0 Å². The summed E-state index contributed by atoms with van der Waals surface area (Å²) in [5.41, 5.74) is 0.487. The van der Waals surface area contributed by atoms with Gasteiger partial charge >= 0.3 is 5.97 Å². The predicted octanol–water partition coefficient (Wildman–Crippen LogP) is 2.02. The lowest BCUT2D eigenvalue weighted by atomic mass is 10.1. The van der Waals surface area contributed by atoms with E-state index in [1.54, 1.807) is 6.07 Å². The molecule has 1 aromatic carbocycles. The Morgan fingerprint density at radius 1 is 1.38 bits per heavy atom. The Morgan fingerprint density at radius 3 is 2.76 bits per heavy atom. The number of unbranched alkanes of at least 4 members (excludes halogenated alkanes) is 2. The van der Waals surface area contributed by atoms with Crippen LogP contribution < -0.4 is 5.32 Å². The van der Waals surface area contributed by atoms with Gasteiger partial charge in [-0.1, -0.05) is 12.1 Å². The highest BCUT2D eigenvalue weighted by atomic mass is 19.1. The van der Waals surface area contributed by atoms with Crippen LogP contribution in [0.25, 0.3) is 0 Å². The van der Waals surface area contributed by atoms with Gasteiger partial charge in [0.15, 0.2) is 0 Å². The zero-order chi connectivity index (χ0) is 15.7. The summed E-state index contributed by atoms with van der Waals surface area (Å²) >= 11 is 0. The summed E-state index contributed by atoms with van der Waals surface area (Å²) in [6, 6.07) is 6.61. The number of hydrogen-bond donors (Lipinski definition) is 2. The summed E-state index contributed by atoms with van der Waals surface area (Å²) in [6.45, 7) is 0. The van der Waals surface area contributed by atoms with Crippen LogP contribution in [0.15, 0.2) is 24.3 Å². The molecular formula is C15H17FN2O3. The average molecular weight is 292 g/mol. The summed E-state index contributed by atoms with van der Waals surface area (Å²) in [5.74, 6) is -2.01. The third kappa shape index (κ3) is 6.52. The number of amides is 1. The molecule has 6 heteroatoms. The Labute approximate surface area is 122 Å². The van der Waals surface area contributed by atoms with Crippen LogP contribution in [0.2, 0.25) is 0 Å². The number of hydrogen-bond acceptors (Lipinski definition) is 3. The smallest absolute Gasteiger partial charge is 0.326 e. The van der Waals surface area contributed by atoms with Gasteiger partial charge in [-0.3, -0.25) is 4.79 Å². The van der Waals surface area contributed by atoms with Gasteiger partial charge in [-0.2, -0.15) is 5.26 Å². The Morgan fingerprint density at radius 2 is 2.14 bits per heavy atom. The van der Waals surface area contributed by atoms with Crippen molar-refractivity contribution >= 4 is 11.9 Å². The van der Waals surface area contributed by atoms with Crippen LogP contribution in [0.1, 0.15) is 31.2 Å². The Balaban J connectivity index is 2.49. The van der Waals surface area contributed by atoms with Crippen molar-refractivity contribution in [3.8, 4) is 6.07 Å². The van der Waals surface area contributed by atoms with E-state index in [2.05, 4.69) is 5.32 Å². The highest BCUT2D eigenvalue weighted by Crippen LogP contribution is 2.07. The molecule has 0 radical (unpaired) electrons. The van der Waals surface area contributed by atoms with Gasteiger partial charge in [0, 0.05) is 6.42 Å². The van der Waals surface area contributed by atoms with E-state index in [-0.39, 0.29) is 12.8 Å². The van der Waals surface area contributed by atoms with Gasteiger partial charge in [-0.25, -0.2) is 9.18 Å². The minimum absolute atomic E-state index is 0.0697. The number of carboxylic acid groups (broad SMARTS) is 1. The Bertz CT molecular complexity index is 540. The van der Waals surface area contributed by atoms with Crippen LogP contribution in [0.3, 0.4) is 0 Å². The first-order valence-electron chi connectivity index (χ1n) is 6.66. The van der Waals surface area contributed by atoms with Crippen molar-refractivity contribution < 1.29 is 19.1 Å². The second kappa shape index (κ2) is 8.69. The number of rotatable bonds is 8. The number of benzene rings is 1. The van der Waals surface area contributed by atoms with Crippen molar-refractivity contribution in [2.45, 2.75) is 38.1 Å². The largest absolute Gasteiger partial charge is 0.480 e. The highest BCUT2D eigenvalue weighted by molar-refractivity contribution is 5.84. The van der Waals surface area contributed by atoms with Crippen molar-refractivity contribution in [3.63, 3.8) is 0 Å². The van der Waals surface area contributed by atoms with E-state index in [0.29, 0.717) is 24.8 Å². The van der Waals surface area contributed by atoms with E-state index in [1.165, 1.54) is 18.2 Å². The second-order valence-corrected chi connectivity index (χ2v) is 4.67. The molecule has 0 fully saturated rings. The Kier molecular flexibility index (Phi) is 6.88. The lowest BCUT2D eigenvalue weighted by Crippen LogP contribution is -2.41. The molecule has 2 N–H and O–H groups in total. The molecule has 1 atom stereocenters. The van der Waals surface area contributed by atoms with Gasteiger partial charge in [0.2, 0.25) is 5.91 Å². The molecule has 0 aliphatic carbocycles. The van der Waals surface area contributed by atoms with Gasteiger partial charge in [-0.15, -0.1) is 0 Å². The lowest BCUT2D eigenvalue weighted by Gasteiger charge is -2.14. The molecule has 21 heavy (non-hydrogen) atoms. The first kappa shape index (κ1) is 16.6. The number of aliphatic carboxylic acids is 1. The SMILES string of the molecule is N#CCCCC[C@H](NC(=O)Cc1cccc(F)c1)C(=O)O. The van der Waals surface area contributed by atoms with E-state index in [9.17, 15) is 14.0 Å². The number of nitriles is 1. The molecule has 0 bridgehead atoms. The summed E-state index contributed by atoms with van der Waals surface area (Å²) in [5, 5.41) is 19.9. The van der Waals surface area contributed by atoms with E-state index < -0.39 is 23.7 Å². The van der Waals surface area contributed by atoms with Gasteiger partial charge < -0.3 is 10.4 Å². The molecule has 112 valence electrons. The van der Waals surface area contributed by atoms with Crippen LogP contribution in [0.4, 0.5) is 4.39 Å². The summed E-state index contributed by atoms with van der Waals surface area (Å²) in [7, 11) is 0. The highest BCUT2D eigenvalue weighted by Gasteiger charge is 2.19. The predicted molar refractivity (Wildman–Crippen MR) is 73.8 cm³/mol. The third-order valence-corrected chi connectivity index (χ3v) is 2.92. The molecule has 0 saturated carbocycles. The quantitative estimate of drug-likeness (QED) is 0.717. The van der Waals surface area contributed by atoms with E-state index >= 15 is 0 Å². The van der Waals surface area contributed by atoms with Crippen LogP contribution in [0, 0.1) is 17.1 Å². The molecule has 0 spiro atoms. The fraction of sp³-hybridized carbons (Fsp3) is 0.400. The maximum absolute atomic E-state index is 13.0. The van der Waals surface area contributed by atoms with Crippen LogP contribution in [0.5, 0.6) is 0 Å². The van der Waals surface area contributed by atoms with Crippen molar-refractivity contribution in [2.24, 2.45) is 0 Å². The molecule has 0 aliphatic heterocycles. The Hall–Kier alpha value is -2.42. The number of nitrogens with one attached hydrogen (secondary N) is 1. The molecule has 0 unspecified atom stereocenters. The number of halogens is 1. The number of carboxylic acids is 1. The topological polar surface area (TPSA) is 90.2 Å². The van der Waals surface area contributed by atoms with Crippen molar-refractivity contribution in [3.05, 3.63) is 35.6 Å². The van der Waals surface area contributed by atoms with Gasteiger partial charge in [0.05, 0.1) is 12.5 Å². The molecule has 1 rings (SSSR count). The molecule has 1 amide bonds. The lowest BCUT2D eigenvalue weighted by molar-refractivity contribution is -0.142. The molecule has 0 aromatic heterocycles. The van der Waals surface area contributed by atoms with E-state index in [0.717, 1.165) is 0 Å². The standard InChI is InChI=1S/C15H17FN2O3/c16-12-6-4-5-11(9-12)10-14(19)18-13(15(20)21)7-2-1-3-8-17/h4-6,9,13H,1-3,7,10H2,(H,18,19)(H,20,21)/t13-/m0/s1. The minimum Gasteiger partial charge on any atom is -0.480 e. The summed E-state index contributed by atoms with van der Waals surface area (Å²) in [4.78, 5) is 22.8. The summed E-state index contributed by atoms with van der Waals surface area (Å²) < 4.78 is 13.0. The van der Waals surface area contributed by atoms with Gasteiger partial charge in [0.1, 0.15) is 11.9 Å². The average Bonchev–Trinajstić information content (AvgIpc) is 2.42. The minimum atomic E-state index is -1.11. The van der Waals surface area contributed by atoms with E-state index in [1.807, 2.05) is 6.07 Å². The monoisotopic (exact) mass is 292 g/mol. The molecule has 0 saturated heterocycles. The number of carbonyl (C=O) groups is 2. The van der Waals surface area contributed by atoms with Crippen LogP contribution >= 0.6 is 0 Å².